The molecule has 2 N–H and O–H groups in total. The smallest absolute Gasteiger partial charge is 0.350 e. The number of guanidine groups is 1. The molecule has 0 radical (unpaired) electrons. The summed E-state index contributed by atoms with van der Waals surface area (Å²) in [7, 11) is 3.39. The van der Waals surface area contributed by atoms with Gasteiger partial charge in [-0.1, -0.05) is 12.1 Å². The molecule has 2 aromatic rings. The predicted molar refractivity (Wildman–Crippen MR) is 128 cm³/mol. The normalized spacial score (nSPS) is 12.0. The Labute approximate surface area is 193 Å². The molecule has 9 heteroatoms. The topological polar surface area (TPSA) is 84.8 Å². The Morgan fingerprint density at radius 3 is 2.79 bits per heavy atom. The zero-order valence-electron chi connectivity index (χ0n) is 17.4. The molecular weight excluding hydrogens is 503 g/mol. The van der Waals surface area contributed by atoms with Crippen LogP contribution < -0.4 is 15.4 Å². The summed E-state index contributed by atoms with van der Waals surface area (Å²) in [6.07, 6.45) is 0.843. The molecule has 29 heavy (non-hydrogen) atoms. The number of nitrogens with zero attached hydrogens (tertiary/aromatic N) is 2. The van der Waals surface area contributed by atoms with Crippen LogP contribution in [0.2, 0.25) is 0 Å². The molecule has 0 bridgehead atoms. The van der Waals surface area contributed by atoms with Gasteiger partial charge in [-0.15, -0.1) is 35.3 Å². The summed E-state index contributed by atoms with van der Waals surface area (Å²) in [4.78, 5) is 21.3. The van der Waals surface area contributed by atoms with E-state index >= 15 is 0 Å². The zero-order chi connectivity index (χ0) is 20.5. The second-order valence-electron chi connectivity index (χ2n) is 6.15. The molecule has 160 valence electrons. The summed E-state index contributed by atoms with van der Waals surface area (Å²) >= 11 is 1.35. The third kappa shape index (κ3) is 7.46. The fourth-order valence-corrected chi connectivity index (χ4v) is 3.57. The second-order valence-corrected chi connectivity index (χ2v) is 7.18. The predicted octanol–water partition coefficient (Wildman–Crippen LogP) is 3.72. The van der Waals surface area contributed by atoms with E-state index in [2.05, 4.69) is 26.7 Å². The number of esters is 1. The second kappa shape index (κ2) is 12.6. The van der Waals surface area contributed by atoms with Gasteiger partial charge in [0.25, 0.3) is 0 Å². The Morgan fingerprint density at radius 1 is 1.38 bits per heavy atom. The van der Waals surface area contributed by atoms with Crippen LogP contribution in [0.3, 0.4) is 0 Å². The summed E-state index contributed by atoms with van der Waals surface area (Å²) < 4.78 is 10.3. The minimum absolute atomic E-state index is 0. The number of aryl methyl sites for hydroxylation is 1. The van der Waals surface area contributed by atoms with E-state index in [1.54, 1.807) is 21.1 Å². The molecule has 1 atom stereocenters. The van der Waals surface area contributed by atoms with Crippen molar-refractivity contribution < 1.29 is 14.3 Å². The quantitative estimate of drug-likeness (QED) is 0.233. The van der Waals surface area contributed by atoms with Crippen molar-refractivity contribution in [3.05, 3.63) is 45.4 Å². The summed E-state index contributed by atoms with van der Waals surface area (Å²) in [5.74, 6) is 1.21. The highest BCUT2D eigenvalue weighted by Crippen LogP contribution is 2.24. The molecule has 0 aliphatic rings. The maximum absolute atomic E-state index is 12.0. The lowest BCUT2D eigenvalue weighted by molar-refractivity contribution is 0.0531. The standard InChI is InChI=1S/C20H28N4O3S.HI/c1-6-27-19(25)17-13(2)23-18(28-17)14(3)24-20(21-4)22-11-10-15-8-7-9-16(12-15)26-5;/h7-9,12,14H,6,10-11H2,1-5H3,(H2,21,22,24);1H. The minimum atomic E-state index is -0.322. The number of carbonyl (C=O) groups is 1. The Bertz CT molecular complexity index is 826. The van der Waals surface area contributed by atoms with Crippen molar-refractivity contribution in [3.8, 4) is 5.75 Å². The lowest BCUT2D eigenvalue weighted by atomic mass is 10.1. The molecule has 1 aromatic heterocycles. The SMILES string of the molecule is CCOC(=O)c1sc(C(C)NC(=NC)NCCc2cccc(OC)c2)nc1C.I. The molecule has 0 spiro atoms. The number of rotatable bonds is 8. The van der Waals surface area contributed by atoms with Crippen molar-refractivity contribution in [2.24, 2.45) is 4.99 Å². The summed E-state index contributed by atoms with van der Waals surface area (Å²) in [6.45, 7) is 6.68. The number of carbonyl (C=O) groups excluding carboxylic acids is 1. The summed E-state index contributed by atoms with van der Waals surface area (Å²) in [6, 6.07) is 7.91. The highest BCUT2D eigenvalue weighted by atomic mass is 127. The third-order valence-electron chi connectivity index (χ3n) is 4.06. The Kier molecular flexibility index (Phi) is 11.0. The van der Waals surface area contributed by atoms with Crippen LogP contribution in [-0.2, 0) is 11.2 Å². The van der Waals surface area contributed by atoms with Crippen molar-refractivity contribution in [2.45, 2.75) is 33.2 Å². The van der Waals surface area contributed by atoms with E-state index in [1.807, 2.05) is 32.0 Å². The largest absolute Gasteiger partial charge is 0.497 e. The molecule has 0 amide bonds. The van der Waals surface area contributed by atoms with Crippen LogP contribution in [0.25, 0.3) is 0 Å². The maximum Gasteiger partial charge on any atom is 0.350 e. The van der Waals surface area contributed by atoms with Gasteiger partial charge in [-0.3, -0.25) is 4.99 Å². The van der Waals surface area contributed by atoms with Gasteiger partial charge in [-0.2, -0.15) is 0 Å². The lowest BCUT2D eigenvalue weighted by Gasteiger charge is -2.16. The van der Waals surface area contributed by atoms with Crippen LogP contribution >= 0.6 is 35.3 Å². The van der Waals surface area contributed by atoms with Crippen molar-refractivity contribution in [3.63, 3.8) is 0 Å². The Hall–Kier alpha value is -1.88. The number of hydrogen-bond acceptors (Lipinski definition) is 6. The van der Waals surface area contributed by atoms with Crippen molar-refractivity contribution in [1.29, 1.82) is 0 Å². The average molecular weight is 532 g/mol. The average Bonchev–Trinajstić information content (AvgIpc) is 3.09. The van der Waals surface area contributed by atoms with Crippen LogP contribution in [0.4, 0.5) is 0 Å². The van der Waals surface area contributed by atoms with E-state index in [1.165, 1.54) is 16.9 Å². The van der Waals surface area contributed by atoms with E-state index in [9.17, 15) is 4.79 Å². The van der Waals surface area contributed by atoms with E-state index < -0.39 is 0 Å². The molecule has 7 nitrogen and oxygen atoms in total. The number of ether oxygens (including phenoxy) is 2. The molecule has 0 fully saturated rings. The van der Waals surface area contributed by atoms with E-state index in [0.717, 1.165) is 23.7 Å². The van der Waals surface area contributed by atoms with Crippen LogP contribution in [0.1, 0.15) is 45.8 Å². The minimum Gasteiger partial charge on any atom is -0.497 e. The Morgan fingerprint density at radius 2 is 2.14 bits per heavy atom. The molecule has 1 unspecified atom stereocenters. The molecule has 0 aliphatic heterocycles. The molecule has 0 saturated carbocycles. The Balaban J connectivity index is 0.00000420. The van der Waals surface area contributed by atoms with Gasteiger partial charge < -0.3 is 20.1 Å². The number of thiazole rings is 1. The molecule has 0 saturated heterocycles. The van der Waals surface area contributed by atoms with Gasteiger partial charge in [-0.25, -0.2) is 9.78 Å². The molecule has 1 heterocycles. The van der Waals surface area contributed by atoms with Crippen LogP contribution in [0, 0.1) is 6.92 Å². The number of nitrogens with one attached hydrogen (secondary N) is 2. The van der Waals surface area contributed by atoms with Gasteiger partial charge in [0.05, 0.1) is 25.5 Å². The molecule has 0 aliphatic carbocycles. The number of halogens is 1. The van der Waals surface area contributed by atoms with Gasteiger partial charge in [0.2, 0.25) is 0 Å². The first-order chi connectivity index (χ1) is 13.5. The third-order valence-corrected chi connectivity index (χ3v) is 5.38. The lowest BCUT2D eigenvalue weighted by Crippen LogP contribution is -2.39. The zero-order valence-corrected chi connectivity index (χ0v) is 20.6. The van der Waals surface area contributed by atoms with E-state index in [0.29, 0.717) is 23.1 Å². The molecular formula is C20H29IN4O3S. The highest BCUT2D eigenvalue weighted by molar-refractivity contribution is 14.0. The van der Waals surface area contributed by atoms with Crippen molar-refractivity contribution in [1.82, 2.24) is 15.6 Å². The summed E-state index contributed by atoms with van der Waals surface area (Å²) in [5, 5.41) is 7.43. The highest BCUT2D eigenvalue weighted by Gasteiger charge is 2.20. The van der Waals surface area contributed by atoms with Gasteiger partial charge in [0.15, 0.2) is 5.96 Å². The van der Waals surface area contributed by atoms with Crippen LogP contribution in [0.15, 0.2) is 29.3 Å². The maximum atomic E-state index is 12.0. The number of hydrogen-bond donors (Lipinski definition) is 2. The fraction of sp³-hybridized carbons (Fsp3) is 0.450. The van der Waals surface area contributed by atoms with Gasteiger partial charge in [0, 0.05) is 13.6 Å². The number of aromatic nitrogens is 1. The fourth-order valence-electron chi connectivity index (χ4n) is 2.60. The molecule has 1 aromatic carbocycles. The van der Waals surface area contributed by atoms with E-state index in [4.69, 9.17) is 9.47 Å². The first kappa shape index (κ1) is 25.2. The monoisotopic (exact) mass is 532 g/mol. The number of benzene rings is 1. The van der Waals surface area contributed by atoms with Crippen molar-refractivity contribution in [2.75, 3.05) is 27.3 Å². The first-order valence-corrected chi connectivity index (χ1v) is 10.0. The van der Waals surface area contributed by atoms with Gasteiger partial charge in [-0.05, 0) is 44.9 Å². The van der Waals surface area contributed by atoms with Crippen LogP contribution in [0.5, 0.6) is 5.75 Å². The van der Waals surface area contributed by atoms with Gasteiger partial charge in [0.1, 0.15) is 15.6 Å². The molecule has 2 rings (SSSR count). The van der Waals surface area contributed by atoms with Gasteiger partial charge >= 0.3 is 5.97 Å². The number of aliphatic imine (C=N–C) groups is 1. The first-order valence-electron chi connectivity index (χ1n) is 9.23. The van der Waals surface area contributed by atoms with Crippen LogP contribution in [-0.4, -0.2) is 44.2 Å². The van der Waals surface area contributed by atoms with E-state index in [-0.39, 0.29) is 36.0 Å². The number of methoxy groups -OCH3 is 1. The summed E-state index contributed by atoms with van der Waals surface area (Å²) in [5.41, 5.74) is 1.87. The van der Waals surface area contributed by atoms with Crippen molar-refractivity contribution >= 4 is 47.2 Å².